The number of hydrogen-bond donors (Lipinski definition) is 0. The lowest BCUT2D eigenvalue weighted by Gasteiger charge is -2.15. The van der Waals surface area contributed by atoms with Crippen molar-refractivity contribution in [3.05, 3.63) is 20.8 Å². The molecule has 2 rings (SSSR count). The van der Waals surface area contributed by atoms with Crippen molar-refractivity contribution < 1.29 is 0 Å². The molecule has 1 fully saturated rings. The van der Waals surface area contributed by atoms with Crippen molar-refractivity contribution in [1.82, 2.24) is 0 Å². The van der Waals surface area contributed by atoms with Crippen LogP contribution in [0, 0.1) is 11.8 Å². The first kappa shape index (κ1) is 11.2. The third-order valence-corrected chi connectivity index (χ3v) is 6.16. The minimum Gasteiger partial charge on any atom is -0.133 e. The Hall–Kier alpha value is 0.660. The Bertz CT molecular complexity index is 308. The quantitative estimate of drug-likeness (QED) is 0.676. The summed E-state index contributed by atoms with van der Waals surface area (Å²) in [5.41, 5.74) is 0. The van der Waals surface area contributed by atoms with Gasteiger partial charge in [0.05, 0.1) is 3.79 Å². The van der Waals surface area contributed by atoms with Gasteiger partial charge in [-0.3, -0.25) is 0 Å². The van der Waals surface area contributed by atoms with Crippen LogP contribution in [0.1, 0.15) is 24.6 Å². The topological polar surface area (TPSA) is 0 Å². The summed E-state index contributed by atoms with van der Waals surface area (Å²) in [6.07, 6.45) is 3.99. The largest absolute Gasteiger partial charge is 0.133 e. The SMILES string of the molecule is CC1C(Br)CCC1Cc1ccc(Br)s1. The molecule has 0 nitrogen and oxygen atoms in total. The smallest absolute Gasteiger partial charge is 0.0701 e. The maximum atomic E-state index is 3.76. The molecule has 0 aliphatic heterocycles. The molecule has 14 heavy (non-hydrogen) atoms. The molecule has 0 aromatic carbocycles. The molecule has 3 unspecified atom stereocenters. The number of thiophene rings is 1. The van der Waals surface area contributed by atoms with E-state index >= 15 is 0 Å². The summed E-state index contributed by atoms with van der Waals surface area (Å²) < 4.78 is 1.26. The summed E-state index contributed by atoms with van der Waals surface area (Å²) in [4.78, 5) is 2.27. The van der Waals surface area contributed by atoms with Crippen LogP contribution in [0.2, 0.25) is 0 Å². The summed E-state index contributed by atoms with van der Waals surface area (Å²) in [7, 11) is 0. The monoisotopic (exact) mass is 336 g/mol. The number of alkyl halides is 1. The maximum absolute atomic E-state index is 3.76. The third-order valence-electron chi connectivity index (χ3n) is 3.22. The van der Waals surface area contributed by atoms with Gasteiger partial charge in [0.1, 0.15) is 0 Å². The van der Waals surface area contributed by atoms with Gasteiger partial charge in [0, 0.05) is 9.70 Å². The second-order valence-corrected chi connectivity index (χ2v) is 7.85. The molecule has 0 bridgehead atoms. The van der Waals surface area contributed by atoms with Crippen molar-refractivity contribution in [2.75, 3.05) is 0 Å². The van der Waals surface area contributed by atoms with E-state index < -0.39 is 0 Å². The molecule has 3 heteroatoms. The van der Waals surface area contributed by atoms with E-state index in [0.29, 0.717) is 0 Å². The molecule has 1 aromatic rings. The highest BCUT2D eigenvalue weighted by Gasteiger charge is 2.30. The minimum atomic E-state index is 0.746. The molecule has 1 aromatic heterocycles. The van der Waals surface area contributed by atoms with Crippen molar-refractivity contribution >= 4 is 43.2 Å². The van der Waals surface area contributed by atoms with Crippen LogP contribution in [0.5, 0.6) is 0 Å². The standard InChI is InChI=1S/C11H14Br2S/c1-7-8(2-4-10(7)12)6-9-3-5-11(13)14-9/h3,5,7-8,10H,2,4,6H2,1H3. The van der Waals surface area contributed by atoms with Crippen molar-refractivity contribution in [1.29, 1.82) is 0 Å². The molecule has 1 aliphatic rings. The summed E-state index contributed by atoms with van der Waals surface area (Å²) >= 11 is 9.15. The predicted octanol–water partition coefficient (Wildman–Crippen LogP) is 4.86. The zero-order valence-electron chi connectivity index (χ0n) is 8.17. The highest BCUT2D eigenvalue weighted by molar-refractivity contribution is 9.11. The van der Waals surface area contributed by atoms with Crippen molar-refractivity contribution in [2.24, 2.45) is 11.8 Å². The molecule has 1 aliphatic carbocycles. The fourth-order valence-corrected chi connectivity index (χ4v) is 4.47. The minimum absolute atomic E-state index is 0.746. The summed E-state index contributed by atoms with van der Waals surface area (Å²) in [6, 6.07) is 4.41. The van der Waals surface area contributed by atoms with Gasteiger partial charge in [0.15, 0.2) is 0 Å². The highest BCUT2D eigenvalue weighted by atomic mass is 79.9. The van der Waals surface area contributed by atoms with Gasteiger partial charge in [0.2, 0.25) is 0 Å². The molecule has 0 radical (unpaired) electrons. The van der Waals surface area contributed by atoms with E-state index in [4.69, 9.17) is 0 Å². The summed E-state index contributed by atoms with van der Waals surface area (Å²) in [5, 5.41) is 0. The molecular formula is C11H14Br2S. The van der Waals surface area contributed by atoms with Crippen LogP contribution in [-0.2, 0) is 6.42 Å². The lowest BCUT2D eigenvalue weighted by Crippen LogP contribution is -2.12. The predicted molar refractivity (Wildman–Crippen MR) is 70.3 cm³/mol. The van der Waals surface area contributed by atoms with E-state index in [0.717, 1.165) is 16.7 Å². The van der Waals surface area contributed by atoms with Gasteiger partial charge in [0.25, 0.3) is 0 Å². The summed E-state index contributed by atoms with van der Waals surface area (Å²) in [6.45, 7) is 2.37. The van der Waals surface area contributed by atoms with Crippen LogP contribution in [0.4, 0.5) is 0 Å². The van der Waals surface area contributed by atoms with Crippen LogP contribution >= 0.6 is 43.2 Å². The zero-order valence-corrected chi connectivity index (χ0v) is 12.2. The second-order valence-electron chi connectivity index (χ2n) is 4.12. The van der Waals surface area contributed by atoms with Gasteiger partial charge in [-0.2, -0.15) is 0 Å². The van der Waals surface area contributed by atoms with E-state index in [9.17, 15) is 0 Å². The molecule has 1 heterocycles. The Kier molecular flexibility index (Phi) is 3.72. The molecule has 0 spiro atoms. The number of rotatable bonds is 2. The molecule has 3 atom stereocenters. The third kappa shape index (κ3) is 2.42. The molecule has 78 valence electrons. The van der Waals surface area contributed by atoms with Crippen molar-refractivity contribution in [3.8, 4) is 0 Å². The van der Waals surface area contributed by atoms with Crippen molar-refractivity contribution in [2.45, 2.75) is 31.0 Å². The van der Waals surface area contributed by atoms with E-state index in [-0.39, 0.29) is 0 Å². The van der Waals surface area contributed by atoms with Crippen LogP contribution < -0.4 is 0 Å². The lowest BCUT2D eigenvalue weighted by atomic mass is 9.94. The maximum Gasteiger partial charge on any atom is 0.0701 e. The molecular weight excluding hydrogens is 324 g/mol. The fraction of sp³-hybridized carbons (Fsp3) is 0.636. The average molecular weight is 338 g/mol. The molecule has 0 amide bonds. The Labute approximate surface area is 106 Å². The van der Waals surface area contributed by atoms with E-state index in [1.807, 2.05) is 11.3 Å². The van der Waals surface area contributed by atoms with Gasteiger partial charge >= 0.3 is 0 Å². The van der Waals surface area contributed by atoms with Gasteiger partial charge in [-0.1, -0.05) is 22.9 Å². The van der Waals surface area contributed by atoms with E-state index in [1.54, 1.807) is 0 Å². The fourth-order valence-electron chi connectivity index (χ4n) is 2.20. The zero-order chi connectivity index (χ0) is 10.1. The van der Waals surface area contributed by atoms with Crippen LogP contribution in [0.25, 0.3) is 0 Å². The molecule has 0 N–H and O–H groups in total. The Morgan fingerprint density at radius 1 is 1.43 bits per heavy atom. The van der Waals surface area contributed by atoms with Crippen LogP contribution in [0.3, 0.4) is 0 Å². The first-order valence-electron chi connectivity index (χ1n) is 5.05. The van der Waals surface area contributed by atoms with Gasteiger partial charge in [-0.15, -0.1) is 11.3 Å². The number of halogens is 2. The second kappa shape index (κ2) is 4.67. The van der Waals surface area contributed by atoms with Gasteiger partial charge in [-0.25, -0.2) is 0 Å². The van der Waals surface area contributed by atoms with Crippen LogP contribution in [0.15, 0.2) is 15.9 Å². The average Bonchev–Trinajstić information content (AvgIpc) is 2.67. The van der Waals surface area contributed by atoms with Crippen LogP contribution in [-0.4, -0.2) is 4.83 Å². The number of hydrogen-bond acceptors (Lipinski definition) is 1. The Morgan fingerprint density at radius 2 is 2.21 bits per heavy atom. The molecule has 0 saturated heterocycles. The van der Waals surface area contributed by atoms with Gasteiger partial charge in [-0.05, 0) is 59.2 Å². The first-order chi connectivity index (χ1) is 6.66. The van der Waals surface area contributed by atoms with Crippen molar-refractivity contribution in [3.63, 3.8) is 0 Å². The normalized spacial score (nSPS) is 32.4. The highest BCUT2D eigenvalue weighted by Crippen LogP contribution is 2.39. The molecule has 1 saturated carbocycles. The van der Waals surface area contributed by atoms with E-state index in [1.165, 1.54) is 27.9 Å². The Morgan fingerprint density at radius 3 is 2.71 bits per heavy atom. The first-order valence-corrected chi connectivity index (χ1v) is 7.57. The van der Waals surface area contributed by atoms with Gasteiger partial charge < -0.3 is 0 Å². The Balaban J connectivity index is 1.98. The lowest BCUT2D eigenvalue weighted by molar-refractivity contribution is 0.426. The summed E-state index contributed by atoms with van der Waals surface area (Å²) in [5.74, 6) is 1.71. The van der Waals surface area contributed by atoms with E-state index in [2.05, 4.69) is 50.9 Å².